The van der Waals surface area contributed by atoms with Crippen LogP contribution in [0.1, 0.15) is 62.7 Å². The van der Waals surface area contributed by atoms with Crippen LogP contribution in [0.3, 0.4) is 0 Å². The van der Waals surface area contributed by atoms with E-state index in [0.29, 0.717) is 62.5 Å². The molecule has 2 aliphatic rings. The Morgan fingerprint density at radius 3 is 2.33 bits per heavy atom. The Bertz CT molecular complexity index is 999. The van der Waals surface area contributed by atoms with Gasteiger partial charge in [-0.1, -0.05) is 0 Å². The maximum atomic E-state index is 13.8. The van der Waals surface area contributed by atoms with Crippen LogP contribution in [0.2, 0.25) is 0 Å². The summed E-state index contributed by atoms with van der Waals surface area (Å²) in [5.41, 5.74) is 0.456. The molecule has 2 atom stereocenters. The third-order valence-electron chi connectivity index (χ3n) is 7.55. The van der Waals surface area contributed by atoms with E-state index in [4.69, 9.17) is 18.9 Å². The van der Waals surface area contributed by atoms with Gasteiger partial charge in [-0.15, -0.1) is 0 Å². The van der Waals surface area contributed by atoms with Gasteiger partial charge in [0.2, 0.25) is 5.91 Å². The summed E-state index contributed by atoms with van der Waals surface area (Å²) >= 11 is 0. The summed E-state index contributed by atoms with van der Waals surface area (Å²) in [7, 11) is 4.68. The molecule has 11 heteroatoms. The second-order valence-electron chi connectivity index (χ2n) is 10.7. The third-order valence-corrected chi connectivity index (χ3v) is 7.55. The number of hydrogen-bond donors (Lipinski definition) is 1. The van der Waals surface area contributed by atoms with Crippen molar-refractivity contribution < 1.29 is 38.4 Å². The van der Waals surface area contributed by atoms with Crippen LogP contribution in [0.4, 0.5) is 4.79 Å². The number of piperidine rings is 1. The van der Waals surface area contributed by atoms with Gasteiger partial charge in [0.05, 0.1) is 19.8 Å². The van der Waals surface area contributed by atoms with Crippen molar-refractivity contribution in [1.82, 2.24) is 14.7 Å². The molecule has 1 aromatic carbocycles. The van der Waals surface area contributed by atoms with Crippen molar-refractivity contribution in [1.29, 1.82) is 0 Å². The number of carbonyl (C=O) groups excluding carboxylic acids is 2. The monoisotopic (exact) mass is 563 g/mol. The maximum absolute atomic E-state index is 13.8. The average molecular weight is 564 g/mol. The smallest absolute Gasteiger partial charge is 0.407 e. The van der Waals surface area contributed by atoms with Crippen LogP contribution in [0.25, 0.3) is 0 Å². The lowest BCUT2D eigenvalue weighted by Crippen LogP contribution is -2.57. The number of carbonyl (C=O) groups is 3. The molecule has 0 bridgehead atoms. The summed E-state index contributed by atoms with van der Waals surface area (Å²) in [6.45, 7) is 5.61. The van der Waals surface area contributed by atoms with E-state index >= 15 is 0 Å². The minimum absolute atomic E-state index is 0.0304. The van der Waals surface area contributed by atoms with Gasteiger partial charge in [-0.05, 0) is 64.2 Å². The highest BCUT2D eigenvalue weighted by Crippen LogP contribution is 2.32. The minimum Gasteiger partial charge on any atom is -0.493 e. The largest absolute Gasteiger partial charge is 0.493 e. The quantitative estimate of drug-likeness (QED) is 0.322. The van der Waals surface area contributed by atoms with Gasteiger partial charge in [-0.2, -0.15) is 0 Å². The van der Waals surface area contributed by atoms with Gasteiger partial charge in [-0.3, -0.25) is 9.59 Å². The van der Waals surface area contributed by atoms with Gasteiger partial charge < -0.3 is 38.8 Å². The fourth-order valence-electron chi connectivity index (χ4n) is 5.44. The van der Waals surface area contributed by atoms with Gasteiger partial charge >= 0.3 is 6.09 Å². The van der Waals surface area contributed by atoms with Crippen molar-refractivity contribution in [2.24, 2.45) is 0 Å². The Morgan fingerprint density at radius 2 is 1.73 bits per heavy atom. The van der Waals surface area contributed by atoms with E-state index in [-0.39, 0.29) is 49.1 Å². The van der Waals surface area contributed by atoms with Crippen molar-refractivity contribution in [3.8, 4) is 11.5 Å². The van der Waals surface area contributed by atoms with Gasteiger partial charge in [0.25, 0.3) is 5.91 Å². The number of amides is 3. The Hall–Kier alpha value is -3.05. The summed E-state index contributed by atoms with van der Waals surface area (Å²) in [6, 6.07) is 4.70. The molecule has 3 rings (SSSR count). The number of rotatable bonds is 15. The van der Waals surface area contributed by atoms with Crippen molar-refractivity contribution in [3.05, 3.63) is 23.8 Å². The molecule has 11 nitrogen and oxygen atoms in total. The summed E-state index contributed by atoms with van der Waals surface area (Å²) in [4.78, 5) is 43.7. The molecule has 40 heavy (non-hydrogen) atoms. The second-order valence-corrected chi connectivity index (χ2v) is 10.7. The predicted molar refractivity (Wildman–Crippen MR) is 149 cm³/mol. The molecule has 0 radical (unpaired) electrons. The number of hydrogen-bond acceptors (Lipinski definition) is 7. The minimum atomic E-state index is -1.01. The molecule has 0 aromatic heterocycles. The molecule has 224 valence electrons. The van der Waals surface area contributed by atoms with E-state index in [1.807, 2.05) is 18.7 Å². The first-order chi connectivity index (χ1) is 19.2. The fraction of sp³-hybridized carbons (Fsp3) is 0.690. The topological polar surface area (TPSA) is 118 Å². The van der Waals surface area contributed by atoms with Gasteiger partial charge in [0, 0.05) is 64.0 Å². The summed E-state index contributed by atoms with van der Waals surface area (Å²) < 4.78 is 21.4. The molecule has 1 saturated carbocycles. The van der Waals surface area contributed by atoms with Crippen LogP contribution in [0, 0.1) is 0 Å². The zero-order valence-electron chi connectivity index (χ0n) is 24.5. The average Bonchev–Trinajstić information content (AvgIpc) is 3.77. The van der Waals surface area contributed by atoms with E-state index in [1.165, 1.54) is 12.0 Å². The van der Waals surface area contributed by atoms with Crippen LogP contribution >= 0.6 is 0 Å². The Balaban J connectivity index is 1.71. The Morgan fingerprint density at radius 1 is 1.00 bits per heavy atom. The third kappa shape index (κ3) is 8.23. The van der Waals surface area contributed by atoms with Gasteiger partial charge in [-0.25, -0.2) is 4.79 Å². The highest BCUT2D eigenvalue weighted by atomic mass is 16.5. The number of benzene rings is 1. The van der Waals surface area contributed by atoms with Crippen LogP contribution < -0.4 is 9.47 Å². The lowest BCUT2D eigenvalue weighted by Gasteiger charge is -2.44. The molecule has 1 saturated heterocycles. The molecule has 3 amide bonds. The zero-order valence-corrected chi connectivity index (χ0v) is 24.5. The van der Waals surface area contributed by atoms with Crippen molar-refractivity contribution in [3.63, 3.8) is 0 Å². The first-order valence-electron chi connectivity index (χ1n) is 14.1. The summed E-state index contributed by atoms with van der Waals surface area (Å²) in [5, 5.41) is 10.1. The van der Waals surface area contributed by atoms with E-state index in [0.717, 1.165) is 12.8 Å². The fourth-order valence-corrected chi connectivity index (χ4v) is 5.44. The van der Waals surface area contributed by atoms with Crippen LogP contribution in [-0.2, 0) is 14.3 Å². The molecule has 0 unspecified atom stereocenters. The summed E-state index contributed by atoms with van der Waals surface area (Å²) in [6.07, 6.45) is 3.48. The lowest BCUT2D eigenvalue weighted by atomic mass is 9.93. The Labute approximate surface area is 237 Å². The van der Waals surface area contributed by atoms with Gasteiger partial charge in [0.1, 0.15) is 6.61 Å². The van der Waals surface area contributed by atoms with E-state index in [2.05, 4.69) is 0 Å². The zero-order chi connectivity index (χ0) is 29.2. The molecule has 2 fully saturated rings. The Kier molecular flexibility index (Phi) is 11.9. The van der Waals surface area contributed by atoms with Crippen LogP contribution in [0.5, 0.6) is 11.5 Å². The van der Waals surface area contributed by atoms with E-state index < -0.39 is 6.09 Å². The number of methoxy groups -OCH3 is 3. The number of nitrogens with zero attached hydrogens (tertiary/aromatic N) is 3. The molecule has 1 aliphatic carbocycles. The lowest BCUT2D eigenvalue weighted by molar-refractivity contribution is -0.136. The SMILES string of the molecule is COCCCOc1cc(C(=O)N(C(C)C)[C@@H]2CC[C@H](CCN(C(=O)COC)C3CC3)N(C(=O)O)C2)ccc1OC. The van der Waals surface area contributed by atoms with Crippen LogP contribution in [0.15, 0.2) is 18.2 Å². The van der Waals surface area contributed by atoms with E-state index in [9.17, 15) is 19.5 Å². The molecule has 1 aromatic rings. The van der Waals surface area contributed by atoms with Crippen molar-refractivity contribution >= 4 is 17.9 Å². The highest BCUT2D eigenvalue weighted by molar-refractivity contribution is 5.95. The molecule has 1 heterocycles. The standard InChI is InChI=1S/C29H45N3O8/c1-20(2)32(28(34)21-7-12-25(39-5)26(17-21)40-16-6-15-37-3)24-11-10-23(31(18-24)29(35)36)13-14-30(22-8-9-22)27(33)19-38-4/h7,12,17,20,22-24H,6,8-11,13-16,18-19H2,1-5H3,(H,35,36)/t23-,24-/m1/s1. The van der Waals surface area contributed by atoms with E-state index in [1.54, 1.807) is 37.3 Å². The molecular weight excluding hydrogens is 518 g/mol. The van der Waals surface area contributed by atoms with Crippen molar-refractivity contribution in [2.75, 3.05) is 54.2 Å². The first-order valence-corrected chi connectivity index (χ1v) is 14.1. The number of carboxylic acid groups (broad SMARTS) is 1. The maximum Gasteiger partial charge on any atom is 0.407 e. The molecule has 1 N–H and O–H groups in total. The second kappa shape index (κ2) is 15.1. The van der Waals surface area contributed by atoms with Crippen LogP contribution in [-0.4, -0.2) is 116 Å². The number of ether oxygens (including phenoxy) is 4. The first kappa shape index (κ1) is 31.5. The predicted octanol–water partition coefficient (Wildman–Crippen LogP) is 3.50. The molecule has 1 aliphatic heterocycles. The molecular formula is C29H45N3O8. The summed E-state index contributed by atoms with van der Waals surface area (Å²) in [5.74, 6) is 0.774. The normalized spacial score (nSPS) is 18.9. The highest BCUT2D eigenvalue weighted by Gasteiger charge is 2.39. The van der Waals surface area contributed by atoms with Crippen molar-refractivity contribution in [2.45, 2.75) is 76.5 Å². The molecule has 0 spiro atoms. The number of likely N-dealkylation sites (tertiary alicyclic amines) is 1. The van der Waals surface area contributed by atoms with Gasteiger partial charge in [0.15, 0.2) is 11.5 Å².